The maximum atomic E-state index is 10.2. The fourth-order valence-electron chi connectivity index (χ4n) is 1.02. The number of rotatable bonds is 4. The molecule has 0 saturated carbocycles. The first-order valence-electron chi connectivity index (χ1n) is 5.17. The molecule has 0 saturated heterocycles. The van der Waals surface area contributed by atoms with Crippen LogP contribution in [0.15, 0.2) is 30.3 Å². The maximum absolute atomic E-state index is 10.2. The number of carbonyl (C=O) groups is 1. The summed E-state index contributed by atoms with van der Waals surface area (Å²) in [6.07, 6.45) is -1.25. The van der Waals surface area contributed by atoms with Crippen LogP contribution in [0, 0.1) is 6.92 Å². The van der Waals surface area contributed by atoms with Gasteiger partial charge in [0.15, 0.2) is 0 Å². The second kappa shape index (κ2) is 8.58. The summed E-state index contributed by atoms with van der Waals surface area (Å²) in [5.41, 5.74) is 1.32. The molecule has 100 valence electrons. The molecule has 0 spiro atoms. The lowest BCUT2D eigenvalue weighted by atomic mass is 10.2. The fraction of sp³-hybridized carbons (Fsp3) is 0.364. The largest absolute Gasteiger partial charge is 0.480 e. The predicted molar refractivity (Wildman–Crippen MR) is 65.7 cm³/mol. The first-order chi connectivity index (χ1) is 8.34. The Labute approximate surface area is 106 Å². The summed E-state index contributed by atoms with van der Waals surface area (Å²) in [6.45, 7) is 3.27. The van der Waals surface area contributed by atoms with Gasteiger partial charge in [0.1, 0.15) is 6.04 Å². The van der Waals surface area contributed by atoms with E-state index in [0.29, 0.717) is 0 Å². The van der Waals surface area contributed by atoms with Gasteiger partial charge in [-0.1, -0.05) is 35.9 Å². The van der Waals surface area contributed by atoms with Crippen LogP contribution in [0.3, 0.4) is 0 Å². The summed E-state index contributed by atoms with van der Waals surface area (Å²) in [5, 5.41) is 18.7. The summed E-state index contributed by atoms with van der Waals surface area (Å²) in [6, 6.07) is 8.80. The van der Waals surface area contributed by atoms with Crippen molar-refractivity contribution in [2.75, 3.05) is 0 Å². The van der Waals surface area contributed by atoms with Crippen molar-refractivity contribution >= 4 is 13.8 Å². The molecule has 0 amide bonds. The van der Waals surface area contributed by atoms with Gasteiger partial charge in [-0.25, -0.2) is 9.13 Å². The molecule has 2 atom stereocenters. The number of aliphatic hydroxyl groups excluding tert-OH is 1. The van der Waals surface area contributed by atoms with E-state index in [0.717, 1.165) is 0 Å². The summed E-state index contributed by atoms with van der Waals surface area (Å²) < 4.78 is 19.9. The third-order valence-corrected chi connectivity index (χ3v) is 2.42. The Kier molecular flexibility index (Phi) is 7.87. The first-order valence-corrected chi connectivity index (χ1v) is 6.35. The maximum Gasteiger partial charge on any atom is 0.396 e. The Morgan fingerprint density at radius 2 is 1.78 bits per heavy atom. The van der Waals surface area contributed by atoms with Crippen LogP contribution < -0.4 is 5.09 Å². The number of hydrogen-bond acceptors (Lipinski definition) is 4. The number of aliphatic carboxylic acids is 1. The van der Waals surface area contributed by atoms with Crippen LogP contribution in [-0.2, 0) is 13.9 Å². The Bertz CT molecular complexity index is 422. The Balaban J connectivity index is 0.000000351. The van der Waals surface area contributed by atoms with Gasteiger partial charge in [0.2, 0.25) is 0 Å². The molecule has 2 unspecified atom stereocenters. The van der Waals surface area contributed by atoms with Crippen molar-refractivity contribution in [2.45, 2.75) is 26.0 Å². The number of aryl methyl sites for hydroxylation is 1. The fourth-order valence-corrected chi connectivity index (χ4v) is 1.57. The van der Waals surface area contributed by atoms with Crippen LogP contribution in [0.5, 0.6) is 0 Å². The topological polar surface area (TPSA) is 104 Å². The second-order valence-corrected chi connectivity index (χ2v) is 4.37. The van der Waals surface area contributed by atoms with Crippen molar-refractivity contribution in [3.05, 3.63) is 35.9 Å². The van der Waals surface area contributed by atoms with Gasteiger partial charge in [-0.2, -0.15) is 5.09 Å². The number of carboxylic acid groups (broad SMARTS) is 1. The minimum absolute atomic E-state index is 1.19. The van der Waals surface area contributed by atoms with Crippen molar-refractivity contribution in [3.63, 3.8) is 0 Å². The average Bonchev–Trinajstić information content (AvgIpc) is 2.27. The summed E-state index contributed by atoms with van der Waals surface area (Å²) in [7, 11) is -3.00. The number of nitrogens with one attached hydrogen (secondary N) is 1. The highest BCUT2D eigenvalue weighted by atomic mass is 31.1. The Hall–Kier alpha value is -1.49. The lowest BCUT2D eigenvalue weighted by Gasteiger charge is -2.11. The zero-order chi connectivity index (χ0) is 14.1. The molecular formula is C11H16NO5P. The molecular weight excluding hydrogens is 257 g/mol. The van der Waals surface area contributed by atoms with Gasteiger partial charge in [-0.05, 0) is 13.8 Å². The molecule has 3 N–H and O–H groups in total. The van der Waals surface area contributed by atoms with Crippen LogP contribution in [0.2, 0.25) is 0 Å². The van der Waals surface area contributed by atoms with E-state index in [1.165, 1.54) is 12.5 Å². The van der Waals surface area contributed by atoms with Crippen LogP contribution >= 0.6 is 7.83 Å². The van der Waals surface area contributed by atoms with E-state index >= 15 is 0 Å². The lowest BCUT2D eigenvalue weighted by molar-refractivity contribution is -0.141. The van der Waals surface area contributed by atoms with Crippen molar-refractivity contribution in [1.29, 1.82) is 0 Å². The molecule has 7 heteroatoms. The highest BCUT2D eigenvalue weighted by Gasteiger charge is 2.23. The van der Waals surface area contributed by atoms with Crippen molar-refractivity contribution in [2.24, 2.45) is 0 Å². The van der Waals surface area contributed by atoms with E-state index in [-0.39, 0.29) is 0 Å². The summed E-state index contributed by atoms with van der Waals surface area (Å²) in [4.78, 5) is 10.2. The molecule has 0 aliphatic carbocycles. The molecule has 0 aromatic heterocycles. The Morgan fingerprint density at radius 3 is 1.94 bits per heavy atom. The summed E-state index contributed by atoms with van der Waals surface area (Å²) >= 11 is 0. The van der Waals surface area contributed by atoms with E-state index in [1.54, 1.807) is 5.09 Å². The average molecular weight is 273 g/mol. The third-order valence-electron chi connectivity index (χ3n) is 1.93. The zero-order valence-corrected chi connectivity index (χ0v) is 11.0. The number of hydrogen-bond donors (Lipinski definition) is 3. The molecule has 18 heavy (non-hydrogen) atoms. The first kappa shape index (κ1) is 16.5. The van der Waals surface area contributed by atoms with Gasteiger partial charge in [0.25, 0.3) is 0 Å². The predicted octanol–water partition coefficient (Wildman–Crippen LogP) is 1.49. The van der Waals surface area contributed by atoms with E-state index in [9.17, 15) is 13.9 Å². The quantitative estimate of drug-likeness (QED) is 0.718. The van der Waals surface area contributed by atoms with Gasteiger partial charge in [0.05, 0.1) is 6.10 Å². The summed E-state index contributed by atoms with van der Waals surface area (Å²) in [5.74, 6) is -1.40. The smallest absolute Gasteiger partial charge is 0.396 e. The van der Waals surface area contributed by atoms with Crippen LogP contribution in [0.1, 0.15) is 12.5 Å². The standard InChI is InChI=1S/C7H8.C4H8NO5P/c1-7-5-3-2-4-6-7;1-2(6)3(4(7)8)5-11(9)10/h2-6H,1H3;2-3,6H,1H3,(H,7,8)(H,5,9,10). The number of carboxylic acids is 1. The van der Waals surface area contributed by atoms with Gasteiger partial charge < -0.3 is 10.2 Å². The highest BCUT2D eigenvalue weighted by Crippen LogP contribution is 2.02. The normalized spacial score (nSPS) is 12.8. The molecule has 0 fully saturated rings. The molecule has 0 heterocycles. The van der Waals surface area contributed by atoms with Gasteiger partial charge >= 0.3 is 13.8 Å². The van der Waals surface area contributed by atoms with Gasteiger partial charge in [0, 0.05) is 0 Å². The van der Waals surface area contributed by atoms with Gasteiger partial charge in [-0.15, -0.1) is 0 Å². The highest BCUT2D eigenvalue weighted by molar-refractivity contribution is 7.28. The third kappa shape index (κ3) is 7.73. The second-order valence-electron chi connectivity index (χ2n) is 3.60. The van der Waals surface area contributed by atoms with Crippen LogP contribution in [-0.4, -0.2) is 28.3 Å². The minimum Gasteiger partial charge on any atom is -0.480 e. The molecule has 6 nitrogen and oxygen atoms in total. The molecule has 0 bridgehead atoms. The molecule has 0 radical (unpaired) electrons. The minimum atomic E-state index is -3.00. The lowest BCUT2D eigenvalue weighted by Crippen LogP contribution is -2.40. The number of benzene rings is 1. The monoisotopic (exact) mass is 273 g/mol. The number of aliphatic hydroxyl groups is 1. The van der Waals surface area contributed by atoms with Crippen LogP contribution in [0.4, 0.5) is 0 Å². The van der Waals surface area contributed by atoms with Crippen molar-refractivity contribution < 1.29 is 24.1 Å². The molecule has 1 aromatic rings. The van der Waals surface area contributed by atoms with E-state index < -0.39 is 25.9 Å². The van der Waals surface area contributed by atoms with Crippen molar-refractivity contribution in [1.82, 2.24) is 5.09 Å². The molecule has 0 aliphatic heterocycles. The molecule has 1 rings (SSSR count). The zero-order valence-electron chi connectivity index (χ0n) is 10.1. The van der Waals surface area contributed by atoms with Crippen molar-refractivity contribution in [3.8, 4) is 0 Å². The van der Waals surface area contributed by atoms with E-state index in [2.05, 4.69) is 19.1 Å². The van der Waals surface area contributed by atoms with E-state index in [1.807, 2.05) is 18.2 Å². The molecule has 0 aliphatic rings. The SMILES string of the molecule is CC(O)C(NP(=O)=O)C(=O)O.Cc1ccccc1. The molecule has 1 aromatic carbocycles. The van der Waals surface area contributed by atoms with Gasteiger partial charge in [-0.3, -0.25) is 4.79 Å². The van der Waals surface area contributed by atoms with E-state index in [4.69, 9.17) is 10.2 Å². The Morgan fingerprint density at radius 1 is 1.28 bits per heavy atom. The van der Waals surface area contributed by atoms with Crippen LogP contribution in [0.25, 0.3) is 0 Å².